The molecule has 3 N–H and O–H groups in total. The summed E-state index contributed by atoms with van der Waals surface area (Å²) < 4.78 is 1.18. The van der Waals surface area contributed by atoms with Crippen molar-refractivity contribution in [3.8, 4) is 0 Å². The molecule has 0 bridgehead atoms. The predicted molar refractivity (Wildman–Crippen MR) is 97.2 cm³/mol. The summed E-state index contributed by atoms with van der Waals surface area (Å²) in [7, 11) is 0. The molecular weight excluding hydrogens is 364 g/mol. The fourth-order valence-electron chi connectivity index (χ4n) is 2.41. The van der Waals surface area contributed by atoms with Gasteiger partial charge in [-0.15, -0.1) is 11.3 Å². The van der Waals surface area contributed by atoms with Gasteiger partial charge in [0.2, 0.25) is 5.91 Å². The van der Waals surface area contributed by atoms with Crippen molar-refractivity contribution in [1.82, 2.24) is 9.55 Å². The lowest BCUT2D eigenvalue weighted by Gasteiger charge is -2.08. The van der Waals surface area contributed by atoms with E-state index in [0.29, 0.717) is 26.5 Å². The van der Waals surface area contributed by atoms with E-state index in [4.69, 9.17) is 17.3 Å². The Labute approximate surface area is 151 Å². The molecule has 0 aliphatic carbocycles. The topological polar surface area (TPSA) is 107 Å². The predicted octanol–water partition coefficient (Wildman–Crippen LogP) is 2.16. The van der Waals surface area contributed by atoms with E-state index in [1.807, 2.05) is 0 Å². The van der Waals surface area contributed by atoms with Crippen LogP contribution in [0.5, 0.6) is 0 Å². The smallest absolute Gasteiger partial charge is 0.262 e. The molecule has 3 rings (SSSR count). The first kappa shape index (κ1) is 17.1. The number of carbonyl (C=O) groups excluding carboxylic acids is 2. The molecule has 9 heteroatoms. The number of primary amides is 1. The average Bonchev–Trinajstić information content (AvgIpc) is 2.90. The fraction of sp³-hybridized carbons (Fsp3) is 0.125. The molecule has 0 radical (unpaired) electrons. The number of hydrogen-bond acceptors (Lipinski definition) is 5. The van der Waals surface area contributed by atoms with Gasteiger partial charge in [-0.2, -0.15) is 0 Å². The van der Waals surface area contributed by atoms with Crippen LogP contribution in [0.2, 0.25) is 5.02 Å². The van der Waals surface area contributed by atoms with Crippen LogP contribution in [0.25, 0.3) is 10.2 Å². The zero-order valence-corrected chi connectivity index (χ0v) is 14.6. The summed E-state index contributed by atoms with van der Waals surface area (Å²) in [5, 5.41) is 3.34. The van der Waals surface area contributed by atoms with Crippen LogP contribution < -0.4 is 16.6 Å². The summed E-state index contributed by atoms with van der Waals surface area (Å²) in [5.74, 6) is -1.03. The number of thiophene rings is 1. The first-order valence-corrected chi connectivity index (χ1v) is 8.40. The zero-order chi connectivity index (χ0) is 18.1. The lowest BCUT2D eigenvalue weighted by Crippen LogP contribution is -2.28. The highest BCUT2D eigenvalue weighted by molar-refractivity contribution is 7.20. The maximum atomic E-state index is 12.6. The van der Waals surface area contributed by atoms with Crippen molar-refractivity contribution in [3.05, 3.63) is 56.4 Å². The van der Waals surface area contributed by atoms with Gasteiger partial charge in [-0.25, -0.2) is 4.98 Å². The first-order chi connectivity index (χ1) is 11.9. The van der Waals surface area contributed by atoms with Crippen LogP contribution in [0.3, 0.4) is 0 Å². The molecule has 0 aliphatic rings. The Morgan fingerprint density at radius 1 is 1.36 bits per heavy atom. The molecule has 0 spiro atoms. The maximum absolute atomic E-state index is 12.6. The molecule has 0 saturated carbocycles. The van der Waals surface area contributed by atoms with Gasteiger partial charge in [0.25, 0.3) is 11.5 Å². The van der Waals surface area contributed by atoms with Gasteiger partial charge >= 0.3 is 0 Å². The minimum absolute atomic E-state index is 0.228. The van der Waals surface area contributed by atoms with Crippen LogP contribution in [0.15, 0.2) is 35.4 Å². The number of nitrogens with zero attached hydrogens (tertiary/aromatic N) is 2. The van der Waals surface area contributed by atoms with Gasteiger partial charge in [0.05, 0.1) is 27.3 Å². The van der Waals surface area contributed by atoms with Crippen LogP contribution >= 0.6 is 22.9 Å². The second-order valence-electron chi connectivity index (χ2n) is 5.31. The summed E-state index contributed by atoms with van der Waals surface area (Å²) >= 11 is 7.06. The van der Waals surface area contributed by atoms with Gasteiger partial charge in [-0.3, -0.25) is 19.0 Å². The van der Waals surface area contributed by atoms with Crippen LogP contribution in [0.4, 0.5) is 5.69 Å². The summed E-state index contributed by atoms with van der Waals surface area (Å²) in [4.78, 5) is 41.1. The summed E-state index contributed by atoms with van der Waals surface area (Å²) in [6.07, 6.45) is 1.28. The normalized spacial score (nSPS) is 10.8. The zero-order valence-electron chi connectivity index (χ0n) is 13.1. The van der Waals surface area contributed by atoms with Gasteiger partial charge in [0.15, 0.2) is 0 Å². The van der Waals surface area contributed by atoms with Gasteiger partial charge in [0.1, 0.15) is 11.4 Å². The van der Waals surface area contributed by atoms with Crippen LogP contribution in [0.1, 0.15) is 15.2 Å². The van der Waals surface area contributed by atoms with E-state index >= 15 is 0 Å². The van der Waals surface area contributed by atoms with Crippen molar-refractivity contribution in [2.75, 3.05) is 5.32 Å². The molecule has 0 unspecified atom stereocenters. The lowest BCUT2D eigenvalue weighted by molar-refractivity contribution is -0.116. The number of hydrogen-bond donors (Lipinski definition) is 2. The Bertz CT molecular complexity index is 1060. The molecule has 128 valence electrons. The van der Waals surface area contributed by atoms with Crippen LogP contribution in [0, 0.1) is 6.92 Å². The van der Waals surface area contributed by atoms with Gasteiger partial charge in [-0.1, -0.05) is 23.7 Å². The van der Waals surface area contributed by atoms with Crippen molar-refractivity contribution < 1.29 is 9.59 Å². The number of aryl methyl sites for hydroxylation is 1. The van der Waals surface area contributed by atoms with E-state index < -0.39 is 17.4 Å². The number of fused-ring (bicyclic) bond motifs is 1. The van der Waals surface area contributed by atoms with Crippen molar-refractivity contribution in [2.45, 2.75) is 13.5 Å². The Kier molecular flexibility index (Phi) is 4.56. The van der Waals surface area contributed by atoms with E-state index in [1.165, 1.54) is 10.9 Å². The van der Waals surface area contributed by atoms with E-state index in [2.05, 4.69) is 10.3 Å². The molecule has 3 aromatic rings. The number of carbonyl (C=O) groups is 2. The molecule has 7 nitrogen and oxygen atoms in total. The standard InChI is InChI=1S/C16H13ClN4O3S/c1-8-12-15(25-13(8)14(18)23)19-7-21(16(12)24)6-11(22)20-10-5-3-2-4-9(10)17/h2-5,7H,6H2,1H3,(H2,18,23)(H,20,22). The number of halogens is 1. The van der Waals surface area contributed by atoms with Crippen molar-refractivity contribution in [1.29, 1.82) is 0 Å². The van der Waals surface area contributed by atoms with Crippen LogP contribution in [-0.2, 0) is 11.3 Å². The van der Waals surface area contributed by atoms with E-state index in [-0.39, 0.29) is 11.4 Å². The highest BCUT2D eigenvalue weighted by atomic mass is 35.5. The largest absolute Gasteiger partial charge is 0.365 e. The second-order valence-corrected chi connectivity index (χ2v) is 6.71. The quantitative estimate of drug-likeness (QED) is 0.727. The van der Waals surface area contributed by atoms with Crippen molar-refractivity contribution >= 4 is 50.7 Å². The number of nitrogens with two attached hydrogens (primary N) is 1. The number of rotatable bonds is 4. The average molecular weight is 377 g/mol. The molecule has 0 saturated heterocycles. The molecule has 0 fully saturated rings. The minimum Gasteiger partial charge on any atom is -0.365 e. The number of anilines is 1. The molecule has 2 aromatic heterocycles. The first-order valence-electron chi connectivity index (χ1n) is 7.21. The summed E-state index contributed by atoms with van der Waals surface area (Å²) in [6.45, 7) is 1.41. The molecule has 2 amide bonds. The number of nitrogens with one attached hydrogen (secondary N) is 1. The van der Waals surface area contributed by atoms with Gasteiger partial charge in [0, 0.05) is 0 Å². The summed E-state index contributed by atoms with van der Waals surface area (Å²) in [5.41, 5.74) is 5.84. The third-order valence-electron chi connectivity index (χ3n) is 3.60. The van der Waals surface area contributed by atoms with Crippen molar-refractivity contribution in [2.24, 2.45) is 5.73 Å². The number of para-hydroxylation sites is 1. The third kappa shape index (κ3) is 3.26. The van der Waals surface area contributed by atoms with Crippen LogP contribution in [-0.4, -0.2) is 21.4 Å². The minimum atomic E-state index is -0.608. The van der Waals surface area contributed by atoms with Gasteiger partial charge in [-0.05, 0) is 24.6 Å². The number of aromatic nitrogens is 2. The highest BCUT2D eigenvalue weighted by Gasteiger charge is 2.18. The SMILES string of the molecule is Cc1c(C(N)=O)sc2ncn(CC(=O)Nc3ccccc3Cl)c(=O)c12. The number of benzene rings is 1. The van der Waals surface area contributed by atoms with E-state index in [0.717, 1.165) is 11.3 Å². The molecule has 25 heavy (non-hydrogen) atoms. The van der Waals surface area contributed by atoms with Crippen molar-refractivity contribution in [3.63, 3.8) is 0 Å². The second kappa shape index (κ2) is 6.66. The maximum Gasteiger partial charge on any atom is 0.262 e. The van der Waals surface area contributed by atoms with E-state index in [9.17, 15) is 14.4 Å². The lowest BCUT2D eigenvalue weighted by atomic mass is 10.2. The number of amides is 2. The third-order valence-corrected chi connectivity index (χ3v) is 5.15. The Hall–Kier alpha value is -2.71. The fourth-order valence-corrected chi connectivity index (χ4v) is 3.59. The Balaban J connectivity index is 1.92. The molecule has 0 atom stereocenters. The molecular formula is C16H13ClN4O3S. The Morgan fingerprint density at radius 3 is 2.76 bits per heavy atom. The molecule has 2 heterocycles. The highest BCUT2D eigenvalue weighted by Crippen LogP contribution is 2.26. The van der Waals surface area contributed by atoms with E-state index in [1.54, 1.807) is 31.2 Å². The summed E-state index contributed by atoms with van der Waals surface area (Å²) in [6, 6.07) is 6.79. The molecule has 1 aromatic carbocycles. The Morgan fingerprint density at radius 2 is 2.08 bits per heavy atom. The van der Waals surface area contributed by atoms with Gasteiger partial charge < -0.3 is 11.1 Å². The molecule has 0 aliphatic heterocycles. The monoisotopic (exact) mass is 376 g/mol.